The number of rotatable bonds is 1. The number of alkyl halides is 2. The molecule has 0 N–H and O–H groups in total. The molecule has 2 radical (unpaired) electrons. The first-order valence-electron chi connectivity index (χ1n) is 0.914. The van der Waals surface area contributed by atoms with E-state index in [4.69, 9.17) is 23.2 Å². The van der Waals surface area contributed by atoms with Gasteiger partial charge in [0, 0.05) is 0 Å². The van der Waals surface area contributed by atoms with Crippen LogP contribution in [0.4, 0.5) is 4.11 Å². The number of halogens is 3. The van der Waals surface area contributed by atoms with Gasteiger partial charge in [-0.05, 0) is 0 Å². The molecule has 30 valence electrons. The Morgan fingerprint density at radius 2 is 1.80 bits per heavy atom. The Morgan fingerprint density at radius 3 is 1.80 bits per heavy atom. The van der Waals surface area contributed by atoms with Crippen molar-refractivity contribution in [1.29, 1.82) is 0 Å². The summed E-state index contributed by atoms with van der Waals surface area (Å²) in [5, 5.41) is 0. The van der Waals surface area contributed by atoms with Gasteiger partial charge < -0.3 is 4.11 Å². The van der Waals surface area contributed by atoms with Gasteiger partial charge in [-0.25, -0.2) is 0 Å². The van der Waals surface area contributed by atoms with Gasteiger partial charge in [-0.1, -0.05) is 0 Å². The summed E-state index contributed by atoms with van der Waals surface area (Å²) in [6.07, 6.45) is 0. The zero-order valence-electron chi connectivity index (χ0n) is 2.21. The van der Waals surface area contributed by atoms with Crippen LogP contribution < -0.4 is 0 Å². The number of hydrogen-bond donors (Lipinski definition) is 0. The van der Waals surface area contributed by atoms with Crippen molar-refractivity contribution in [1.82, 2.24) is 0 Å². The zero-order chi connectivity index (χ0) is 4.28. The smallest absolute Gasteiger partial charge is 0.312 e. The molecule has 0 rings (SSSR count). The Labute approximate surface area is 42.3 Å². The molecule has 0 aromatic heterocycles. The summed E-state index contributed by atoms with van der Waals surface area (Å²) in [7, 11) is -0.855. The standard InChI is InChI=1S/CHCl2FSi/c2-1(3)5-4/h1H. The molecule has 0 saturated heterocycles. The fourth-order valence-corrected chi connectivity index (χ4v) is 0. The zero-order valence-corrected chi connectivity index (χ0v) is 4.72. The van der Waals surface area contributed by atoms with Crippen LogP contribution in [0.2, 0.25) is 0 Å². The second-order valence-electron chi connectivity index (χ2n) is 0.410. The van der Waals surface area contributed by atoms with Crippen LogP contribution in [-0.4, -0.2) is 14.3 Å². The highest BCUT2D eigenvalue weighted by Crippen LogP contribution is 1.96. The van der Waals surface area contributed by atoms with Gasteiger partial charge in [0.2, 0.25) is 0 Å². The van der Waals surface area contributed by atoms with Crippen molar-refractivity contribution in [2.75, 3.05) is 0 Å². The van der Waals surface area contributed by atoms with E-state index in [1.165, 1.54) is 0 Å². The van der Waals surface area contributed by atoms with Crippen molar-refractivity contribution >= 4 is 33.1 Å². The predicted octanol–water partition coefficient (Wildman–Crippen LogP) is 1.34. The van der Waals surface area contributed by atoms with Gasteiger partial charge in [0.15, 0.2) is 0 Å². The van der Waals surface area contributed by atoms with E-state index in [0.717, 1.165) is 0 Å². The molecule has 0 fully saturated rings. The van der Waals surface area contributed by atoms with E-state index < -0.39 is 14.3 Å². The van der Waals surface area contributed by atoms with Crippen LogP contribution in [0, 0.1) is 0 Å². The predicted molar refractivity (Wildman–Crippen MR) is 22.4 cm³/mol. The second kappa shape index (κ2) is 2.94. The first-order chi connectivity index (χ1) is 2.27. The fourth-order valence-electron chi connectivity index (χ4n) is 0. The van der Waals surface area contributed by atoms with Crippen LogP contribution in [0.1, 0.15) is 0 Å². The van der Waals surface area contributed by atoms with Crippen molar-refractivity contribution in [2.45, 2.75) is 4.46 Å². The SMILES string of the molecule is F[Si]C(Cl)Cl. The summed E-state index contributed by atoms with van der Waals surface area (Å²) in [5.41, 5.74) is 0. The van der Waals surface area contributed by atoms with Crippen molar-refractivity contribution in [2.24, 2.45) is 0 Å². The van der Waals surface area contributed by atoms with Crippen LogP contribution in [0.25, 0.3) is 0 Å². The van der Waals surface area contributed by atoms with E-state index in [1.54, 1.807) is 0 Å². The molecule has 4 heteroatoms. The lowest BCUT2D eigenvalue weighted by molar-refractivity contribution is 0.870. The Balaban J connectivity index is 2.54. The Hall–Kier alpha value is 0.727. The molecule has 0 aromatic carbocycles. The Bertz CT molecular complexity index is 23.6. The molecule has 0 heterocycles. The summed E-state index contributed by atoms with van der Waals surface area (Å²) in [6, 6.07) is 0. The van der Waals surface area contributed by atoms with E-state index in [-0.39, 0.29) is 0 Å². The van der Waals surface area contributed by atoms with Crippen LogP contribution in [0.5, 0.6) is 0 Å². The molecule has 0 atom stereocenters. The molecule has 0 bridgehead atoms. The third-order valence-corrected chi connectivity index (χ3v) is 0.742. The van der Waals surface area contributed by atoms with E-state index >= 15 is 0 Å². The average Bonchev–Trinajstić information content (AvgIpc) is 1.38. The lowest BCUT2D eigenvalue weighted by atomic mass is 11.9. The third kappa shape index (κ3) is 4.73. The summed E-state index contributed by atoms with van der Waals surface area (Å²) in [4.78, 5) is 0. The van der Waals surface area contributed by atoms with Gasteiger partial charge in [0.25, 0.3) is 0 Å². The molecule has 0 spiro atoms. The lowest BCUT2D eigenvalue weighted by Gasteiger charge is -1.77. The van der Waals surface area contributed by atoms with Gasteiger partial charge in [-0.3, -0.25) is 0 Å². The molecule has 0 aromatic rings. The first kappa shape index (κ1) is 5.73. The first-order valence-corrected chi connectivity index (χ1v) is 2.74. The van der Waals surface area contributed by atoms with Crippen molar-refractivity contribution in [3.05, 3.63) is 0 Å². The highest BCUT2D eigenvalue weighted by atomic mass is 35.5. The minimum absolute atomic E-state index is 0.810. The molecule has 5 heavy (non-hydrogen) atoms. The summed E-state index contributed by atoms with van der Waals surface area (Å²) < 4.78 is 10.1. The van der Waals surface area contributed by atoms with Crippen LogP contribution >= 0.6 is 23.2 Å². The molecule has 0 amide bonds. The monoisotopic (exact) mass is 130 g/mol. The van der Waals surface area contributed by atoms with Gasteiger partial charge in [-0.2, -0.15) is 0 Å². The van der Waals surface area contributed by atoms with Crippen molar-refractivity contribution in [3.8, 4) is 0 Å². The largest absolute Gasteiger partial charge is 0.330 e. The third-order valence-electron chi connectivity index (χ3n) is 0.0825. The molecule has 0 unspecified atom stereocenters. The van der Waals surface area contributed by atoms with Gasteiger partial charge in [0.05, 0.1) is 0 Å². The Kier molecular flexibility index (Phi) is 3.37. The van der Waals surface area contributed by atoms with Crippen LogP contribution in [0.15, 0.2) is 0 Å². The molecule has 0 aliphatic rings. The fraction of sp³-hybridized carbons (Fsp3) is 1.00. The maximum atomic E-state index is 10.9. The lowest BCUT2D eigenvalue weighted by Crippen LogP contribution is -1.90. The maximum Gasteiger partial charge on any atom is 0.330 e. The molecule has 0 aliphatic carbocycles. The maximum absolute atomic E-state index is 10.9. The summed E-state index contributed by atoms with van der Waals surface area (Å²) >= 11 is 9.73. The second-order valence-corrected chi connectivity index (χ2v) is 3.03. The van der Waals surface area contributed by atoms with Crippen LogP contribution in [0.3, 0.4) is 0 Å². The minimum atomic E-state index is -0.855. The van der Waals surface area contributed by atoms with E-state index in [1.807, 2.05) is 0 Å². The van der Waals surface area contributed by atoms with Gasteiger partial charge >= 0.3 is 9.85 Å². The molecular formula is CHCl2FSi. The molecular weight excluding hydrogens is 130 g/mol. The highest BCUT2D eigenvalue weighted by molar-refractivity contribution is 6.65. The summed E-state index contributed by atoms with van der Waals surface area (Å²) in [5.74, 6) is 0. The normalized spacial score (nSPS) is 9.60. The Morgan fingerprint density at radius 1 is 1.60 bits per heavy atom. The molecule has 0 nitrogen and oxygen atoms in total. The van der Waals surface area contributed by atoms with Crippen molar-refractivity contribution < 1.29 is 4.11 Å². The average molecular weight is 131 g/mol. The van der Waals surface area contributed by atoms with E-state index in [0.29, 0.717) is 0 Å². The van der Waals surface area contributed by atoms with Crippen molar-refractivity contribution in [3.63, 3.8) is 0 Å². The minimum Gasteiger partial charge on any atom is -0.312 e. The quantitative estimate of drug-likeness (QED) is 0.286. The van der Waals surface area contributed by atoms with Crippen LogP contribution in [-0.2, 0) is 0 Å². The van der Waals surface area contributed by atoms with Gasteiger partial charge in [-0.15, -0.1) is 23.2 Å². The van der Waals surface area contributed by atoms with E-state index in [2.05, 4.69) is 0 Å². The van der Waals surface area contributed by atoms with Gasteiger partial charge in [0.1, 0.15) is 4.46 Å². The highest BCUT2D eigenvalue weighted by Gasteiger charge is 1.95. The summed E-state index contributed by atoms with van der Waals surface area (Å²) in [6.45, 7) is 0. The molecule has 0 aliphatic heterocycles. The molecule has 0 saturated carbocycles. The van der Waals surface area contributed by atoms with E-state index in [9.17, 15) is 4.11 Å². The number of hydrogen-bond acceptors (Lipinski definition) is 0. The topological polar surface area (TPSA) is 0 Å².